The molecule has 0 atom stereocenters. The van der Waals surface area contributed by atoms with Crippen LogP contribution < -0.4 is 21.1 Å². The number of rotatable bonds is 13. The van der Waals surface area contributed by atoms with Crippen LogP contribution in [0.5, 0.6) is 5.75 Å². The lowest BCUT2D eigenvalue weighted by Crippen LogP contribution is -2.35. The van der Waals surface area contributed by atoms with Crippen molar-refractivity contribution in [3.63, 3.8) is 0 Å². The number of aliphatic imine (C=N–C) groups is 1. The molecule has 13 heteroatoms. The molecule has 0 radical (unpaired) electrons. The maximum atomic E-state index is 12.7. The van der Waals surface area contributed by atoms with E-state index in [1.165, 1.54) is 30.6 Å². The molecule has 1 aliphatic heterocycles. The van der Waals surface area contributed by atoms with Gasteiger partial charge in [0.2, 0.25) is 5.95 Å². The van der Waals surface area contributed by atoms with Crippen molar-refractivity contribution < 1.29 is 17.9 Å². The van der Waals surface area contributed by atoms with E-state index >= 15 is 0 Å². The fourth-order valence-electron chi connectivity index (χ4n) is 4.85. The van der Waals surface area contributed by atoms with E-state index in [1.807, 2.05) is 0 Å². The van der Waals surface area contributed by atoms with Crippen molar-refractivity contribution in [2.45, 2.75) is 63.7 Å². The lowest BCUT2D eigenvalue weighted by Gasteiger charge is -2.33. The van der Waals surface area contributed by atoms with Crippen LogP contribution in [0, 0.1) is 6.92 Å². The van der Waals surface area contributed by atoms with E-state index < -0.39 is 15.1 Å². The minimum Gasteiger partial charge on any atom is -0.488 e. The van der Waals surface area contributed by atoms with Crippen LogP contribution in [0.1, 0.15) is 56.6 Å². The van der Waals surface area contributed by atoms with Crippen molar-refractivity contribution >= 4 is 45.1 Å². The monoisotopic (exact) mass is 619 g/mol. The predicted molar refractivity (Wildman–Crippen MR) is 169 cm³/mol. The van der Waals surface area contributed by atoms with Crippen LogP contribution in [0.15, 0.2) is 34.0 Å². The Morgan fingerprint density at radius 1 is 1.26 bits per heavy atom. The number of anilines is 3. The molecule has 2 aromatic rings. The number of allylic oxidation sites excluding steroid dienone is 1. The molecule has 230 valence electrons. The van der Waals surface area contributed by atoms with Gasteiger partial charge in [-0.3, -0.25) is 4.99 Å². The van der Waals surface area contributed by atoms with Crippen molar-refractivity contribution in [2.75, 3.05) is 51.0 Å². The number of ether oxygens (including phenoxy) is 2. The van der Waals surface area contributed by atoms with E-state index in [-0.39, 0.29) is 33.6 Å². The van der Waals surface area contributed by atoms with Crippen LogP contribution >= 0.6 is 11.6 Å². The summed E-state index contributed by atoms with van der Waals surface area (Å²) in [6.45, 7) is 9.04. The van der Waals surface area contributed by atoms with Crippen LogP contribution in [0.25, 0.3) is 0 Å². The molecule has 1 aromatic carbocycles. The summed E-state index contributed by atoms with van der Waals surface area (Å²) in [5, 5.41) is 5.36. The van der Waals surface area contributed by atoms with Gasteiger partial charge in [0.05, 0.1) is 35.5 Å². The van der Waals surface area contributed by atoms with Gasteiger partial charge in [-0.05, 0) is 88.7 Å². The molecule has 2 aliphatic rings. The first-order chi connectivity index (χ1) is 20.0. The Morgan fingerprint density at radius 3 is 2.60 bits per heavy atom. The number of aromatic nitrogens is 2. The molecule has 0 amide bonds. The van der Waals surface area contributed by atoms with Gasteiger partial charge in [0, 0.05) is 26.9 Å². The van der Waals surface area contributed by atoms with Crippen LogP contribution in [0.2, 0.25) is 5.02 Å². The second-order valence-corrected chi connectivity index (χ2v) is 13.9. The predicted octanol–water partition coefficient (Wildman–Crippen LogP) is 4.61. The molecule has 0 spiro atoms. The normalized spacial score (nSPS) is 17.5. The highest BCUT2D eigenvalue weighted by Gasteiger charge is 2.28. The molecule has 2 heterocycles. The van der Waals surface area contributed by atoms with Gasteiger partial charge in [-0.15, -0.1) is 0 Å². The zero-order chi connectivity index (χ0) is 30.4. The summed E-state index contributed by atoms with van der Waals surface area (Å²) in [4.78, 5) is 15.3. The van der Waals surface area contributed by atoms with Crippen LogP contribution in [0.4, 0.5) is 17.5 Å². The molecule has 0 unspecified atom stereocenters. The molecule has 11 nitrogen and oxygen atoms in total. The van der Waals surface area contributed by atoms with Gasteiger partial charge < -0.3 is 30.7 Å². The number of benzene rings is 1. The summed E-state index contributed by atoms with van der Waals surface area (Å²) in [6.07, 6.45) is 7.19. The zero-order valence-electron chi connectivity index (χ0n) is 25.0. The number of nitrogens with one attached hydrogen (secondary N) is 2. The van der Waals surface area contributed by atoms with Gasteiger partial charge in [-0.1, -0.05) is 11.6 Å². The highest BCUT2D eigenvalue weighted by Crippen LogP contribution is 2.40. The largest absolute Gasteiger partial charge is 0.488 e. The van der Waals surface area contributed by atoms with Gasteiger partial charge in [0.1, 0.15) is 10.8 Å². The van der Waals surface area contributed by atoms with Gasteiger partial charge in [0.15, 0.2) is 20.7 Å². The molecule has 1 saturated carbocycles. The molecule has 1 aromatic heterocycles. The Hall–Kier alpha value is -2.93. The maximum Gasteiger partial charge on any atom is 0.229 e. The summed E-state index contributed by atoms with van der Waals surface area (Å²) < 4.78 is 37.0. The number of hydrogen-bond acceptors (Lipinski definition) is 11. The fraction of sp³-hybridized carbons (Fsp3) is 0.552. The van der Waals surface area contributed by atoms with Crippen molar-refractivity contribution in [3.8, 4) is 5.75 Å². The van der Waals surface area contributed by atoms with Gasteiger partial charge in [-0.25, -0.2) is 13.4 Å². The number of nitrogens with zero attached hydrogens (tertiary/aromatic N) is 4. The summed E-state index contributed by atoms with van der Waals surface area (Å²) >= 11 is 6.40. The summed E-state index contributed by atoms with van der Waals surface area (Å²) in [5.74, 6) is 1.67. The lowest BCUT2D eigenvalue weighted by atomic mass is 9.86. The van der Waals surface area contributed by atoms with Crippen LogP contribution in [0.3, 0.4) is 0 Å². The number of likely N-dealkylation sites (tertiary alicyclic amines) is 1. The summed E-state index contributed by atoms with van der Waals surface area (Å²) in [7, 11) is -0.491. The first-order valence-corrected chi connectivity index (χ1v) is 16.2. The van der Waals surface area contributed by atoms with Gasteiger partial charge in [-0.2, -0.15) is 4.98 Å². The third kappa shape index (κ3) is 7.91. The van der Waals surface area contributed by atoms with E-state index in [1.54, 1.807) is 21.0 Å². The number of aryl methyl sites for hydroxylation is 1. The van der Waals surface area contributed by atoms with E-state index in [0.717, 1.165) is 63.4 Å². The number of hydrogen-bond donors (Lipinski definition) is 3. The average Bonchev–Trinajstić information content (AvgIpc) is 3.78. The highest BCUT2D eigenvalue weighted by molar-refractivity contribution is 7.95. The second kappa shape index (κ2) is 14.0. The quantitative estimate of drug-likeness (QED) is 0.272. The van der Waals surface area contributed by atoms with Gasteiger partial charge >= 0.3 is 0 Å². The van der Waals surface area contributed by atoms with Crippen molar-refractivity contribution in [1.82, 2.24) is 14.9 Å². The Bertz CT molecular complexity index is 1420. The SMILES string of the molecule is CN=CC(Nc1nc(Nc2cc(C)c(C3CCN(CCOC)CC3)cc2OC2CC2)ncc1Cl)=C(N)S(=O)(=O)C(C)C. The zero-order valence-corrected chi connectivity index (χ0v) is 26.6. The first-order valence-electron chi connectivity index (χ1n) is 14.3. The van der Waals surface area contributed by atoms with Crippen molar-refractivity contribution in [2.24, 2.45) is 10.7 Å². The van der Waals surface area contributed by atoms with E-state index in [0.29, 0.717) is 5.92 Å². The Morgan fingerprint density at radius 2 is 1.98 bits per heavy atom. The van der Waals surface area contributed by atoms with E-state index in [9.17, 15) is 8.42 Å². The molecule has 2 fully saturated rings. The van der Waals surface area contributed by atoms with Crippen LogP contribution in [-0.4, -0.2) is 81.3 Å². The highest BCUT2D eigenvalue weighted by atomic mass is 35.5. The second-order valence-electron chi connectivity index (χ2n) is 11.0. The van der Waals surface area contributed by atoms with Gasteiger partial charge in [0.25, 0.3) is 0 Å². The number of sulfone groups is 1. The fourth-order valence-corrected chi connectivity index (χ4v) is 5.91. The lowest BCUT2D eigenvalue weighted by molar-refractivity contribution is 0.130. The van der Waals surface area contributed by atoms with Crippen molar-refractivity contribution in [1.29, 1.82) is 0 Å². The topological polar surface area (TPSA) is 144 Å². The molecular formula is C29H42ClN7O4S. The molecule has 1 saturated heterocycles. The van der Waals surface area contributed by atoms with E-state index in [2.05, 4.69) is 49.6 Å². The molecule has 0 bridgehead atoms. The Balaban J connectivity index is 1.59. The summed E-state index contributed by atoms with van der Waals surface area (Å²) in [5.41, 5.74) is 9.34. The molecule has 1 aliphatic carbocycles. The Labute approximate surface area is 253 Å². The number of nitrogens with two attached hydrogens (primary N) is 1. The third-order valence-corrected chi connectivity index (χ3v) is 9.87. The van der Waals surface area contributed by atoms with Crippen molar-refractivity contribution in [3.05, 3.63) is 45.2 Å². The minimum absolute atomic E-state index is 0.0731. The molecule has 4 rings (SSSR count). The summed E-state index contributed by atoms with van der Waals surface area (Å²) in [6, 6.07) is 4.24. The number of methoxy groups -OCH3 is 1. The first kappa shape index (κ1) is 32.0. The third-order valence-electron chi connectivity index (χ3n) is 7.52. The smallest absolute Gasteiger partial charge is 0.229 e. The molecular weight excluding hydrogens is 578 g/mol. The maximum absolute atomic E-state index is 12.7. The standard InChI is InChI=1S/C29H42ClN7O4S/c1-18(2)42(38,39)27(31)25(17-32-4)34-28-23(30)16-33-29(36-28)35-24-14-19(3)22(15-26(24)41-21-6-7-21)20-8-10-37(11-9-20)12-13-40-5/h14-18,20-21H,6-13,31H2,1-5H3,(H2,33,34,35,36). The van der Waals surface area contributed by atoms with Crippen LogP contribution in [-0.2, 0) is 14.6 Å². The number of halogens is 1. The molecule has 42 heavy (non-hydrogen) atoms. The molecule has 4 N–H and O–H groups in total. The average molecular weight is 620 g/mol. The van der Waals surface area contributed by atoms with E-state index in [4.69, 9.17) is 26.8 Å². The minimum atomic E-state index is -3.75. The number of piperidine rings is 1. The Kier molecular flexibility index (Phi) is 10.7.